The first kappa shape index (κ1) is 14.1. The zero-order valence-corrected chi connectivity index (χ0v) is 12.5. The molecule has 1 aromatic carbocycles. The van der Waals surface area contributed by atoms with Crippen LogP contribution in [0.1, 0.15) is 24.0 Å². The first-order valence-electron chi connectivity index (χ1n) is 7.90. The Kier molecular flexibility index (Phi) is 4.71. The van der Waals surface area contributed by atoms with E-state index in [0.717, 1.165) is 13.2 Å². The van der Waals surface area contributed by atoms with Crippen LogP contribution < -0.4 is 5.32 Å². The van der Waals surface area contributed by atoms with Crippen molar-refractivity contribution in [2.24, 2.45) is 0 Å². The number of nitrogens with zero attached hydrogens (tertiary/aromatic N) is 1. The van der Waals surface area contributed by atoms with Crippen LogP contribution >= 0.6 is 0 Å². The van der Waals surface area contributed by atoms with Crippen molar-refractivity contribution in [3.05, 3.63) is 35.4 Å². The summed E-state index contributed by atoms with van der Waals surface area (Å²) in [7, 11) is 1.80. The number of hydrogen-bond donors (Lipinski definition) is 1. The standard InChI is InChI=1S/C17H26N2O/c1-20-10-9-19(13-16-7-4-8-18-16)17-11-14-5-2-3-6-15(14)12-17/h2-3,5-6,16-18H,4,7-13H2,1H3. The van der Waals surface area contributed by atoms with Crippen LogP contribution in [0.2, 0.25) is 0 Å². The molecule has 1 fully saturated rings. The van der Waals surface area contributed by atoms with Gasteiger partial charge in [0.1, 0.15) is 0 Å². The van der Waals surface area contributed by atoms with Crippen molar-refractivity contribution >= 4 is 0 Å². The molecule has 3 rings (SSSR count). The Bertz CT molecular complexity index is 404. The lowest BCUT2D eigenvalue weighted by atomic mass is 10.1. The summed E-state index contributed by atoms with van der Waals surface area (Å²) in [5.74, 6) is 0. The summed E-state index contributed by atoms with van der Waals surface area (Å²) in [6.07, 6.45) is 5.05. The highest BCUT2D eigenvalue weighted by molar-refractivity contribution is 5.33. The molecule has 1 atom stereocenters. The lowest BCUT2D eigenvalue weighted by Crippen LogP contribution is -2.45. The molecule has 0 spiro atoms. The maximum Gasteiger partial charge on any atom is 0.0589 e. The molecule has 0 radical (unpaired) electrons. The van der Waals surface area contributed by atoms with Gasteiger partial charge in [-0.1, -0.05) is 24.3 Å². The lowest BCUT2D eigenvalue weighted by Gasteiger charge is -2.31. The molecule has 1 N–H and O–H groups in total. The van der Waals surface area contributed by atoms with E-state index in [4.69, 9.17) is 4.74 Å². The highest BCUT2D eigenvalue weighted by Gasteiger charge is 2.28. The largest absolute Gasteiger partial charge is 0.383 e. The number of hydrogen-bond acceptors (Lipinski definition) is 3. The van der Waals surface area contributed by atoms with Gasteiger partial charge in [0.15, 0.2) is 0 Å². The molecule has 0 bridgehead atoms. The van der Waals surface area contributed by atoms with Gasteiger partial charge in [-0.05, 0) is 43.4 Å². The van der Waals surface area contributed by atoms with Gasteiger partial charge in [-0.2, -0.15) is 0 Å². The van der Waals surface area contributed by atoms with E-state index >= 15 is 0 Å². The minimum atomic E-state index is 0.657. The third kappa shape index (κ3) is 3.22. The number of nitrogens with one attached hydrogen (secondary N) is 1. The summed E-state index contributed by atoms with van der Waals surface area (Å²) in [5, 5.41) is 3.63. The van der Waals surface area contributed by atoms with Crippen molar-refractivity contribution in [3.63, 3.8) is 0 Å². The van der Waals surface area contributed by atoms with Gasteiger partial charge in [-0.15, -0.1) is 0 Å². The van der Waals surface area contributed by atoms with Crippen LogP contribution in [0.4, 0.5) is 0 Å². The number of methoxy groups -OCH3 is 1. The monoisotopic (exact) mass is 274 g/mol. The van der Waals surface area contributed by atoms with Crippen LogP contribution in [0.3, 0.4) is 0 Å². The molecule has 1 aliphatic heterocycles. The second kappa shape index (κ2) is 6.70. The molecule has 1 aromatic rings. The van der Waals surface area contributed by atoms with E-state index in [2.05, 4.69) is 34.5 Å². The molecule has 3 heteroatoms. The Balaban J connectivity index is 1.63. The minimum absolute atomic E-state index is 0.657. The highest BCUT2D eigenvalue weighted by Crippen LogP contribution is 2.26. The van der Waals surface area contributed by atoms with Crippen LogP contribution in [-0.2, 0) is 17.6 Å². The van der Waals surface area contributed by atoms with Crippen molar-refractivity contribution < 1.29 is 4.74 Å². The molecule has 0 amide bonds. The molecule has 0 aromatic heterocycles. The number of fused-ring (bicyclic) bond motifs is 1. The van der Waals surface area contributed by atoms with Crippen molar-refractivity contribution in [1.29, 1.82) is 0 Å². The van der Waals surface area contributed by atoms with E-state index in [1.54, 1.807) is 18.2 Å². The third-order valence-electron chi connectivity index (χ3n) is 4.75. The summed E-state index contributed by atoms with van der Waals surface area (Å²) in [4.78, 5) is 2.65. The molecule has 20 heavy (non-hydrogen) atoms. The van der Waals surface area contributed by atoms with E-state index in [-0.39, 0.29) is 0 Å². The molecule has 0 saturated carbocycles. The fourth-order valence-corrected chi connectivity index (χ4v) is 3.62. The Morgan fingerprint density at radius 3 is 2.60 bits per heavy atom. The third-order valence-corrected chi connectivity index (χ3v) is 4.75. The maximum atomic E-state index is 5.31. The minimum Gasteiger partial charge on any atom is -0.383 e. The summed E-state index contributed by atoms with van der Waals surface area (Å²) >= 11 is 0. The van der Waals surface area contributed by atoms with Gasteiger partial charge in [0.05, 0.1) is 6.61 Å². The Morgan fingerprint density at radius 1 is 1.25 bits per heavy atom. The summed E-state index contributed by atoms with van der Waals surface area (Å²) in [6, 6.07) is 10.2. The Morgan fingerprint density at radius 2 is 2.00 bits per heavy atom. The predicted octanol–water partition coefficient (Wildman–Crippen LogP) is 1.85. The second-order valence-electron chi connectivity index (χ2n) is 6.11. The average Bonchev–Trinajstić information content (AvgIpc) is 3.12. The van der Waals surface area contributed by atoms with Crippen LogP contribution in [0.5, 0.6) is 0 Å². The normalized spacial score (nSPS) is 22.6. The van der Waals surface area contributed by atoms with E-state index in [9.17, 15) is 0 Å². The highest BCUT2D eigenvalue weighted by atomic mass is 16.5. The quantitative estimate of drug-likeness (QED) is 0.857. The van der Waals surface area contributed by atoms with Gasteiger partial charge >= 0.3 is 0 Å². The molecule has 3 nitrogen and oxygen atoms in total. The summed E-state index contributed by atoms with van der Waals surface area (Å²) < 4.78 is 5.31. The topological polar surface area (TPSA) is 24.5 Å². The van der Waals surface area contributed by atoms with Gasteiger partial charge in [0, 0.05) is 32.3 Å². The maximum absolute atomic E-state index is 5.31. The van der Waals surface area contributed by atoms with Gasteiger partial charge in [0.25, 0.3) is 0 Å². The summed E-state index contributed by atoms with van der Waals surface area (Å²) in [6.45, 7) is 4.24. The summed E-state index contributed by atoms with van der Waals surface area (Å²) in [5.41, 5.74) is 3.08. The molecular weight excluding hydrogens is 248 g/mol. The van der Waals surface area contributed by atoms with E-state index < -0.39 is 0 Å². The second-order valence-corrected chi connectivity index (χ2v) is 6.11. The Hall–Kier alpha value is -0.900. The van der Waals surface area contributed by atoms with Gasteiger partial charge in [0.2, 0.25) is 0 Å². The number of rotatable bonds is 6. The lowest BCUT2D eigenvalue weighted by molar-refractivity contribution is 0.115. The smallest absolute Gasteiger partial charge is 0.0589 e. The first-order valence-corrected chi connectivity index (χ1v) is 7.90. The fourth-order valence-electron chi connectivity index (χ4n) is 3.62. The van der Waals surface area contributed by atoms with Crippen molar-refractivity contribution in [1.82, 2.24) is 10.2 Å². The predicted molar refractivity (Wildman–Crippen MR) is 82.1 cm³/mol. The van der Waals surface area contributed by atoms with Crippen molar-refractivity contribution in [2.45, 2.75) is 37.8 Å². The number of ether oxygens (including phenoxy) is 1. The van der Waals surface area contributed by atoms with E-state index in [0.29, 0.717) is 12.1 Å². The Labute approximate surface area is 122 Å². The zero-order chi connectivity index (χ0) is 13.8. The first-order chi connectivity index (χ1) is 9.86. The van der Waals surface area contributed by atoms with E-state index in [1.807, 2.05) is 0 Å². The fraction of sp³-hybridized carbons (Fsp3) is 0.647. The van der Waals surface area contributed by atoms with Gasteiger partial charge in [-0.3, -0.25) is 4.90 Å². The zero-order valence-electron chi connectivity index (χ0n) is 12.5. The molecule has 1 aliphatic carbocycles. The molecule has 110 valence electrons. The molecule has 1 heterocycles. The van der Waals surface area contributed by atoms with Crippen LogP contribution in [0.15, 0.2) is 24.3 Å². The van der Waals surface area contributed by atoms with Crippen LogP contribution in [-0.4, -0.2) is 50.3 Å². The number of benzene rings is 1. The van der Waals surface area contributed by atoms with Crippen molar-refractivity contribution in [2.75, 3.05) is 33.4 Å². The molecular formula is C17H26N2O. The van der Waals surface area contributed by atoms with Gasteiger partial charge < -0.3 is 10.1 Å². The van der Waals surface area contributed by atoms with E-state index in [1.165, 1.54) is 38.8 Å². The van der Waals surface area contributed by atoms with Crippen LogP contribution in [0, 0.1) is 0 Å². The molecule has 1 unspecified atom stereocenters. The van der Waals surface area contributed by atoms with Crippen LogP contribution in [0.25, 0.3) is 0 Å². The molecule has 2 aliphatic rings. The average molecular weight is 274 g/mol. The molecule has 1 saturated heterocycles. The van der Waals surface area contributed by atoms with Gasteiger partial charge in [-0.25, -0.2) is 0 Å². The van der Waals surface area contributed by atoms with Crippen molar-refractivity contribution in [3.8, 4) is 0 Å². The SMILES string of the molecule is COCCN(CC1CCCN1)C1Cc2ccccc2C1.